The second kappa shape index (κ2) is 22.8. The Kier molecular flexibility index (Phi) is 20.7. The Morgan fingerprint density at radius 2 is 0.806 bits per heavy atom. The fourth-order valence-corrected chi connectivity index (χ4v) is 7.34. The van der Waals surface area contributed by atoms with Gasteiger partial charge in [0, 0.05) is 32.9 Å². The number of benzene rings is 3. The Hall–Kier alpha value is -3.71. The molecule has 0 amide bonds. The predicted octanol–water partition coefficient (Wildman–Crippen LogP) is 12.5. The third-order valence-electron chi connectivity index (χ3n) is 10.2. The number of fused-ring (bicyclic) bond motifs is 1. The molecule has 1 aliphatic carbocycles. The Morgan fingerprint density at radius 3 is 1.18 bits per heavy atom. The number of carbonyl (C=O) groups is 3. The van der Waals surface area contributed by atoms with E-state index in [4.69, 9.17) is 0 Å². The van der Waals surface area contributed by atoms with Crippen molar-refractivity contribution in [2.24, 2.45) is 16.2 Å². The average molecular weight is 852 g/mol. The van der Waals surface area contributed by atoms with Gasteiger partial charge in [0.1, 0.15) is 0 Å². The van der Waals surface area contributed by atoms with Crippen LogP contribution in [-0.4, -0.2) is 52.1 Å². The van der Waals surface area contributed by atoms with E-state index in [0.717, 1.165) is 25.7 Å². The molecule has 0 saturated carbocycles. The molecule has 3 aromatic rings. The lowest BCUT2D eigenvalue weighted by Gasteiger charge is -2.32. The van der Waals surface area contributed by atoms with Crippen LogP contribution in [0.3, 0.4) is 0 Å². The molecule has 0 aromatic heterocycles. The summed E-state index contributed by atoms with van der Waals surface area (Å²) in [6.45, 7) is 39.0. The molecule has 3 aromatic carbocycles. The third-order valence-corrected chi connectivity index (χ3v) is 10.2. The number of rotatable bonds is 12. The minimum atomic E-state index is -0.332. The zero-order chi connectivity index (χ0) is 46.8. The van der Waals surface area contributed by atoms with Gasteiger partial charge >= 0.3 is 0 Å². The molecule has 62 heavy (non-hydrogen) atoms. The number of carbonyl (C=O) groups excluding carboxylic acids is 3. The Balaban J connectivity index is 0.000000463. The molecule has 4 rings (SSSR count). The van der Waals surface area contributed by atoms with Crippen LogP contribution >= 0.6 is 0 Å². The van der Waals surface area contributed by atoms with Crippen molar-refractivity contribution in [2.75, 3.05) is 0 Å². The van der Waals surface area contributed by atoms with Crippen LogP contribution in [-0.2, 0) is 33.6 Å². The van der Waals surface area contributed by atoms with E-state index in [2.05, 4.69) is 152 Å². The monoisotopic (exact) mass is 852 g/mol. The van der Waals surface area contributed by atoms with Crippen LogP contribution in [0.2, 0.25) is 0 Å². The highest BCUT2D eigenvalue weighted by atomic mass is 16.1. The van der Waals surface area contributed by atoms with Gasteiger partial charge in [-0.05, 0) is 123 Å². The lowest BCUT2D eigenvalue weighted by atomic mass is 9.82. The first-order valence-corrected chi connectivity index (χ1v) is 22.5. The highest BCUT2D eigenvalue weighted by molar-refractivity contribution is 5.91. The fourth-order valence-electron chi connectivity index (χ4n) is 7.34. The first-order chi connectivity index (χ1) is 27.7. The van der Waals surface area contributed by atoms with Crippen molar-refractivity contribution < 1.29 is 14.4 Å². The van der Waals surface area contributed by atoms with Crippen molar-refractivity contribution in [3.05, 3.63) is 113 Å². The molecule has 0 fully saturated rings. The summed E-state index contributed by atoms with van der Waals surface area (Å²) in [4.78, 5) is 38.1. The summed E-state index contributed by atoms with van der Waals surface area (Å²) in [5.41, 5.74) is 6.43. The number of nitrogens with one attached hydrogen (secondary N) is 3. The topological polar surface area (TPSA) is 87.3 Å². The molecule has 0 bridgehead atoms. The number of aryl methyl sites for hydroxylation is 1. The molecular formula is C56H89N3O3. The van der Waals surface area contributed by atoms with Gasteiger partial charge in [-0.3, -0.25) is 14.4 Å². The quantitative estimate of drug-likeness (QED) is 0.168. The molecule has 3 atom stereocenters. The maximum atomic E-state index is 12.9. The van der Waals surface area contributed by atoms with Gasteiger partial charge in [0.25, 0.3) is 0 Å². The van der Waals surface area contributed by atoms with Crippen molar-refractivity contribution in [3.8, 4) is 0 Å². The van der Waals surface area contributed by atoms with Crippen molar-refractivity contribution in [2.45, 2.75) is 199 Å². The van der Waals surface area contributed by atoms with Gasteiger partial charge < -0.3 is 16.0 Å². The van der Waals surface area contributed by atoms with E-state index in [1.54, 1.807) is 0 Å². The largest absolute Gasteiger partial charge is 0.302 e. The Bertz CT molecular complexity index is 1880. The first-order valence-electron chi connectivity index (χ1n) is 22.5. The number of ketones is 3. The average Bonchev–Trinajstić information content (AvgIpc) is 3.51. The Morgan fingerprint density at radius 1 is 0.468 bits per heavy atom. The number of Topliss-reactive ketones (excluding diaryl/α,β-unsaturated/α-hetero) is 3. The van der Waals surface area contributed by atoms with E-state index >= 15 is 0 Å². The number of hydrogen-bond acceptors (Lipinski definition) is 6. The highest BCUT2D eigenvalue weighted by Crippen LogP contribution is 2.33. The Labute approximate surface area is 380 Å². The molecule has 3 unspecified atom stereocenters. The van der Waals surface area contributed by atoms with E-state index in [1.165, 1.54) is 33.4 Å². The maximum Gasteiger partial charge on any atom is 0.155 e. The van der Waals surface area contributed by atoms with Gasteiger partial charge in [-0.25, -0.2) is 0 Å². The van der Waals surface area contributed by atoms with Gasteiger partial charge in [0.05, 0.1) is 18.1 Å². The van der Waals surface area contributed by atoms with E-state index in [-0.39, 0.29) is 75.8 Å². The second-order valence-corrected chi connectivity index (χ2v) is 23.4. The van der Waals surface area contributed by atoms with Crippen LogP contribution < -0.4 is 16.0 Å². The summed E-state index contributed by atoms with van der Waals surface area (Å²) in [7, 11) is 0. The molecule has 0 radical (unpaired) electrons. The summed E-state index contributed by atoms with van der Waals surface area (Å²) in [5, 5.41) is 10.5. The van der Waals surface area contributed by atoms with Gasteiger partial charge in [-0.2, -0.15) is 0 Å². The first kappa shape index (κ1) is 56.3. The second-order valence-electron chi connectivity index (χ2n) is 23.4. The smallest absolute Gasteiger partial charge is 0.155 e. The molecule has 0 saturated heterocycles. The molecular weight excluding hydrogens is 763 g/mol. The van der Waals surface area contributed by atoms with Crippen molar-refractivity contribution in [1.29, 1.82) is 0 Å². The summed E-state index contributed by atoms with van der Waals surface area (Å²) in [5.74, 6) is 0.826. The van der Waals surface area contributed by atoms with E-state index in [9.17, 15) is 14.4 Å². The lowest BCUT2D eigenvalue weighted by Crippen LogP contribution is -2.51. The molecule has 3 N–H and O–H groups in total. The van der Waals surface area contributed by atoms with Crippen LogP contribution in [0.15, 0.2) is 84.9 Å². The molecule has 6 heteroatoms. The zero-order valence-corrected chi connectivity index (χ0v) is 41.9. The lowest BCUT2D eigenvalue weighted by molar-refractivity contribution is -0.129. The minimum Gasteiger partial charge on any atom is -0.302 e. The van der Waals surface area contributed by atoms with E-state index in [1.807, 2.05) is 80.5 Å². The molecule has 6 nitrogen and oxygen atoms in total. The zero-order valence-electron chi connectivity index (χ0n) is 41.9. The normalized spacial score (nSPS) is 14.7. The fraction of sp³-hybridized carbons (Fsp3) is 0.589. The molecule has 1 aliphatic rings. The molecule has 346 valence electrons. The van der Waals surface area contributed by atoms with Crippen LogP contribution in [0, 0.1) is 23.2 Å². The van der Waals surface area contributed by atoms with Crippen molar-refractivity contribution in [3.63, 3.8) is 0 Å². The van der Waals surface area contributed by atoms with Gasteiger partial charge in [0.15, 0.2) is 17.3 Å². The standard InChI is InChI=1S/C20H29NO.C18H29NO.C17H27NO.CH4/c1-19(2,3)18(22)17(21-20(4,5)6)13-15-12-11-14-9-7-8-10-16(14)15;1-13-8-10-14(11-9-13)12-15(19-18(5,6)7)16(20)17(2,3)4;1-16(2,3)15(19)14(18-17(4,5)6)12-13-10-8-7-9-11-13;/h7-10,12,17,21H,11,13H2,1-6H3;8-11,15,19H,12H2,1-7H3;7-11,14,18H,12H2,1-6H3;1H4. The molecule has 0 heterocycles. The predicted molar refractivity (Wildman–Crippen MR) is 268 cm³/mol. The van der Waals surface area contributed by atoms with Gasteiger partial charge in [0.2, 0.25) is 0 Å². The SMILES string of the molecule is C.CC(C)(C)NC(CC1=CCc2ccccc21)C(=O)C(C)(C)C.CC(C)(C)NC(Cc1ccccc1)C(=O)C(C)(C)C.Cc1ccc(CC(NC(C)(C)C)C(=O)C(C)(C)C)cc1. The van der Waals surface area contributed by atoms with E-state index < -0.39 is 0 Å². The van der Waals surface area contributed by atoms with Crippen LogP contribution in [0.5, 0.6) is 0 Å². The highest BCUT2D eigenvalue weighted by Gasteiger charge is 2.35. The number of hydrogen-bond donors (Lipinski definition) is 3. The maximum absolute atomic E-state index is 12.9. The molecule has 0 aliphatic heterocycles. The van der Waals surface area contributed by atoms with Gasteiger partial charge in [-0.15, -0.1) is 0 Å². The third kappa shape index (κ3) is 20.6. The van der Waals surface area contributed by atoms with Crippen LogP contribution in [0.4, 0.5) is 0 Å². The van der Waals surface area contributed by atoms with Crippen molar-refractivity contribution in [1.82, 2.24) is 16.0 Å². The van der Waals surface area contributed by atoms with Crippen LogP contribution in [0.25, 0.3) is 5.57 Å². The summed E-state index contributed by atoms with van der Waals surface area (Å²) < 4.78 is 0. The van der Waals surface area contributed by atoms with Gasteiger partial charge in [-0.1, -0.05) is 160 Å². The summed E-state index contributed by atoms with van der Waals surface area (Å²) in [6.07, 6.45) is 5.52. The summed E-state index contributed by atoms with van der Waals surface area (Å²) >= 11 is 0. The van der Waals surface area contributed by atoms with Crippen molar-refractivity contribution >= 4 is 22.9 Å². The number of allylic oxidation sites excluding steroid dienone is 1. The minimum absolute atomic E-state index is 0. The molecule has 0 spiro atoms. The van der Waals surface area contributed by atoms with Crippen LogP contribution in [0.1, 0.15) is 166 Å². The van der Waals surface area contributed by atoms with E-state index in [0.29, 0.717) is 0 Å². The summed E-state index contributed by atoms with van der Waals surface area (Å²) in [6, 6.07) is 26.7.